The molecular weight excluding hydrogens is 228 g/mol. The fraction of sp³-hybridized carbons (Fsp3) is 0.467. The van der Waals surface area contributed by atoms with E-state index in [1.54, 1.807) is 0 Å². The first kappa shape index (κ1) is 12.8. The van der Waals surface area contributed by atoms with Crippen molar-refractivity contribution in [2.24, 2.45) is 11.8 Å². The molecule has 1 saturated carbocycles. The molecule has 0 spiro atoms. The number of carboxylic acids is 1. The lowest BCUT2D eigenvalue weighted by Gasteiger charge is -2.11. The summed E-state index contributed by atoms with van der Waals surface area (Å²) < 4.78 is 0. The molecule has 3 nitrogen and oxygen atoms in total. The molecule has 0 heterocycles. The number of aryl methyl sites for hydroxylation is 2. The van der Waals surface area contributed by atoms with Gasteiger partial charge in [0.25, 0.3) is 0 Å². The summed E-state index contributed by atoms with van der Waals surface area (Å²) in [5.41, 5.74) is 2.87. The Morgan fingerprint density at radius 1 is 1.17 bits per heavy atom. The number of ketones is 1. The highest BCUT2D eigenvalue weighted by molar-refractivity contribution is 5.99. The van der Waals surface area contributed by atoms with Crippen LogP contribution in [0.25, 0.3) is 0 Å². The number of benzene rings is 1. The average molecular weight is 246 g/mol. The van der Waals surface area contributed by atoms with E-state index in [1.165, 1.54) is 0 Å². The van der Waals surface area contributed by atoms with Gasteiger partial charge in [0.15, 0.2) is 5.78 Å². The molecule has 1 aromatic carbocycles. The number of rotatable bonds is 3. The first-order valence-electron chi connectivity index (χ1n) is 6.33. The summed E-state index contributed by atoms with van der Waals surface area (Å²) in [7, 11) is 0. The number of carbonyl (C=O) groups is 2. The molecule has 1 fully saturated rings. The maximum atomic E-state index is 12.4. The van der Waals surface area contributed by atoms with Crippen LogP contribution in [-0.2, 0) is 4.79 Å². The van der Waals surface area contributed by atoms with Crippen molar-refractivity contribution in [1.29, 1.82) is 0 Å². The van der Waals surface area contributed by atoms with Crippen LogP contribution in [0.5, 0.6) is 0 Å². The monoisotopic (exact) mass is 246 g/mol. The van der Waals surface area contributed by atoms with Crippen molar-refractivity contribution in [2.45, 2.75) is 33.1 Å². The lowest BCUT2D eigenvalue weighted by Crippen LogP contribution is -2.15. The lowest BCUT2D eigenvalue weighted by molar-refractivity contribution is -0.141. The largest absolute Gasteiger partial charge is 0.481 e. The molecule has 18 heavy (non-hydrogen) atoms. The van der Waals surface area contributed by atoms with Crippen LogP contribution in [0.4, 0.5) is 0 Å². The Morgan fingerprint density at radius 2 is 1.83 bits per heavy atom. The first-order chi connectivity index (χ1) is 8.49. The van der Waals surface area contributed by atoms with Gasteiger partial charge in [-0.05, 0) is 38.7 Å². The number of Topliss-reactive ketones (excluding diaryl/α,β-unsaturated/α-hetero) is 1. The summed E-state index contributed by atoms with van der Waals surface area (Å²) in [5, 5.41) is 8.96. The second kappa shape index (κ2) is 4.92. The van der Waals surface area contributed by atoms with E-state index >= 15 is 0 Å². The summed E-state index contributed by atoms with van der Waals surface area (Å²) in [4.78, 5) is 23.3. The summed E-state index contributed by atoms with van der Waals surface area (Å²) in [6, 6.07) is 5.79. The molecule has 3 heteroatoms. The maximum Gasteiger partial charge on any atom is 0.306 e. The second-order valence-electron chi connectivity index (χ2n) is 5.23. The van der Waals surface area contributed by atoms with Gasteiger partial charge in [-0.25, -0.2) is 0 Å². The van der Waals surface area contributed by atoms with Crippen molar-refractivity contribution in [3.05, 3.63) is 34.9 Å². The van der Waals surface area contributed by atoms with Crippen molar-refractivity contribution in [1.82, 2.24) is 0 Å². The average Bonchev–Trinajstić information content (AvgIpc) is 2.77. The Balaban J connectivity index is 2.15. The van der Waals surface area contributed by atoms with Crippen LogP contribution in [0.2, 0.25) is 0 Å². The Bertz CT molecular complexity index is 491. The molecular formula is C15H18O3. The van der Waals surface area contributed by atoms with Gasteiger partial charge in [0, 0.05) is 11.5 Å². The number of aliphatic carboxylic acids is 1. The summed E-state index contributed by atoms with van der Waals surface area (Å²) >= 11 is 0. The van der Waals surface area contributed by atoms with E-state index in [1.807, 2.05) is 32.0 Å². The fourth-order valence-corrected chi connectivity index (χ4v) is 2.75. The molecule has 1 aromatic rings. The van der Waals surface area contributed by atoms with E-state index in [-0.39, 0.29) is 17.6 Å². The molecule has 0 saturated heterocycles. The van der Waals surface area contributed by atoms with Gasteiger partial charge in [-0.15, -0.1) is 0 Å². The van der Waals surface area contributed by atoms with Crippen LogP contribution in [0.3, 0.4) is 0 Å². The molecule has 2 rings (SSSR count). The van der Waals surface area contributed by atoms with E-state index in [4.69, 9.17) is 5.11 Å². The maximum absolute atomic E-state index is 12.4. The Kier molecular flexibility index (Phi) is 3.50. The third-order valence-corrected chi connectivity index (χ3v) is 3.80. The zero-order chi connectivity index (χ0) is 13.3. The van der Waals surface area contributed by atoms with Crippen LogP contribution in [0.1, 0.15) is 40.7 Å². The number of hydrogen-bond acceptors (Lipinski definition) is 2. The third-order valence-electron chi connectivity index (χ3n) is 3.80. The minimum absolute atomic E-state index is 0.108. The fourth-order valence-electron chi connectivity index (χ4n) is 2.75. The molecule has 1 N–H and O–H groups in total. The van der Waals surface area contributed by atoms with E-state index in [0.717, 1.165) is 16.7 Å². The van der Waals surface area contributed by atoms with Crippen LogP contribution in [0, 0.1) is 25.7 Å². The number of hydrogen-bond donors (Lipinski definition) is 1. The third kappa shape index (κ3) is 2.45. The Morgan fingerprint density at radius 3 is 2.39 bits per heavy atom. The molecule has 2 atom stereocenters. The van der Waals surface area contributed by atoms with Gasteiger partial charge in [-0.1, -0.05) is 23.8 Å². The van der Waals surface area contributed by atoms with Gasteiger partial charge < -0.3 is 5.11 Å². The number of carbonyl (C=O) groups excluding carboxylic acids is 1. The van der Waals surface area contributed by atoms with Gasteiger partial charge in [0.05, 0.1) is 5.92 Å². The first-order valence-corrected chi connectivity index (χ1v) is 6.33. The van der Waals surface area contributed by atoms with Crippen molar-refractivity contribution >= 4 is 11.8 Å². The highest BCUT2D eigenvalue weighted by Crippen LogP contribution is 2.33. The SMILES string of the molecule is Cc1ccc(C(=O)[C@@H]2CC[C@H](C(=O)O)C2)c(C)c1. The smallest absolute Gasteiger partial charge is 0.306 e. The van der Waals surface area contributed by atoms with E-state index < -0.39 is 5.97 Å². The molecule has 96 valence electrons. The summed E-state index contributed by atoms with van der Waals surface area (Å²) in [6.45, 7) is 3.93. The molecule has 1 aliphatic carbocycles. The lowest BCUT2D eigenvalue weighted by atomic mass is 9.92. The van der Waals surface area contributed by atoms with Crippen molar-refractivity contribution in [2.75, 3.05) is 0 Å². The van der Waals surface area contributed by atoms with E-state index in [9.17, 15) is 9.59 Å². The zero-order valence-electron chi connectivity index (χ0n) is 10.8. The van der Waals surface area contributed by atoms with Crippen LogP contribution >= 0.6 is 0 Å². The van der Waals surface area contributed by atoms with E-state index in [2.05, 4.69) is 0 Å². The molecule has 0 unspecified atom stereocenters. The normalized spacial score (nSPS) is 23.0. The highest BCUT2D eigenvalue weighted by atomic mass is 16.4. The van der Waals surface area contributed by atoms with Gasteiger partial charge in [0.2, 0.25) is 0 Å². The molecule has 0 amide bonds. The summed E-state index contributed by atoms with van der Waals surface area (Å²) in [5.74, 6) is -1.13. The predicted octanol–water partition coefficient (Wildman–Crippen LogP) is 2.99. The molecule has 0 aliphatic heterocycles. The quantitative estimate of drug-likeness (QED) is 0.834. The topological polar surface area (TPSA) is 54.4 Å². The van der Waals surface area contributed by atoms with Crippen LogP contribution < -0.4 is 0 Å². The van der Waals surface area contributed by atoms with Gasteiger partial charge >= 0.3 is 5.97 Å². The summed E-state index contributed by atoms with van der Waals surface area (Å²) in [6.07, 6.45) is 1.81. The second-order valence-corrected chi connectivity index (χ2v) is 5.23. The van der Waals surface area contributed by atoms with Crippen LogP contribution in [0.15, 0.2) is 18.2 Å². The van der Waals surface area contributed by atoms with Crippen LogP contribution in [-0.4, -0.2) is 16.9 Å². The van der Waals surface area contributed by atoms with Crippen molar-refractivity contribution < 1.29 is 14.7 Å². The van der Waals surface area contributed by atoms with Gasteiger partial charge in [-0.3, -0.25) is 9.59 Å². The predicted molar refractivity (Wildman–Crippen MR) is 68.7 cm³/mol. The van der Waals surface area contributed by atoms with E-state index in [0.29, 0.717) is 19.3 Å². The molecule has 1 aliphatic rings. The standard InChI is InChI=1S/C15H18O3/c1-9-3-6-13(10(2)7-9)14(16)11-4-5-12(8-11)15(17)18/h3,6-7,11-12H,4-5,8H2,1-2H3,(H,17,18)/t11-,12+/m1/s1. The Hall–Kier alpha value is -1.64. The Labute approximate surface area is 107 Å². The molecule has 0 bridgehead atoms. The molecule has 0 radical (unpaired) electrons. The number of carboxylic acid groups (broad SMARTS) is 1. The minimum atomic E-state index is -0.772. The van der Waals surface area contributed by atoms with Gasteiger partial charge in [-0.2, -0.15) is 0 Å². The zero-order valence-corrected chi connectivity index (χ0v) is 10.8. The molecule has 0 aromatic heterocycles. The van der Waals surface area contributed by atoms with Gasteiger partial charge in [0.1, 0.15) is 0 Å². The highest BCUT2D eigenvalue weighted by Gasteiger charge is 2.34. The minimum Gasteiger partial charge on any atom is -0.481 e. The van der Waals surface area contributed by atoms with Crippen molar-refractivity contribution in [3.8, 4) is 0 Å². The van der Waals surface area contributed by atoms with Crippen molar-refractivity contribution in [3.63, 3.8) is 0 Å².